The number of aryl methyl sites for hydroxylation is 2. The molecule has 5 heteroatoms. The number of nitrogens with zero attached hydrogens (tertiary/aromatic N) is 5. The first-order valence-electron chi connectivity index (χ1n) is 7.20. The molecule has 0 aliphatic carbocycles. The minimum absolute atomic E-state index is 0.519. The third-order valence-corrected chi connectivity index (χ3v) is 4.01. The average molecular weight is 271 g/mol. The quantitative estimate of drug-likeness (QED) is 0.855. The summed E-state index contributed by atoms with van der Waals surface area (Å²) in [5.74, 6) is 2.51. The van der Waals surface area contributed by atoms with E-state index in [0.29, 0.717) is 5.92 Å². The van der Waals surface area contributed by atoms with Crippen LogP contribution in [0.2, 0.25) is 0 Å². The van der Waals surface area contributed by atoms with Gasteiger partial charge in [0.25, 0.3) is 0 Å². The Bertz CT molecular complexity index is 577. The van der Waals surface area contributed by atoms with Gasteiger partial charge in [-0.1, -0.05) is 0 Å². The maximum absolute atomic E-state index is 4.59. The third kappa shape index (κ3) is 2.88. The van der Waals surface area contributed by atoms with E-state index in [-0.39, 0.29) is 0 Å². The molecule has 0 spiro atoms. The van der Waals surface area contributed by atoms with Gasteiger partial charge in [0.1, 0.15) is 11.6 Å². The molecule has 0 bridgehead atoms. The number of aromatic nitrogens is 4. The summed E-state index contributed by atoms with van der Waals surface area (Å²) in [5.41, 5.74) is 1.18. The molecule has 20 heavy (non-hydrogen) atoms. The molecule has 0 N–H and O–H groups in total. The lowest BCUT2D eigenvalue weighted by Gasteiger charge is -2.32. The molecule has 106 valence electrons. The summed E-state index contributed by atoms with van der Waals surface area (Å²) in [5, 5.41) is 0. The van der Waals surface area contributed by atoms with Crippen molar-refractivity contribution in [3.63, 3.8) is 0 Å². The highest BCUT2D eigenvalue weighted by molar-refractivity contribution is 5.10. The zero-order valence-corrected chi connectivity index (χ0v) is 12.2. The molecule has 0 aromatic carbocycles. The second-order valence-corrected chi connectivity index (χ2v) is 5.56. The summed E-state index contributed by atoms with van der Waals surface area (Å²) in [4.78, 5) is 15.7. The van der Waals surface area contributed by atoms with E-state index < -0.39 is 0 Å². The van der Waals surface area contributed by atoms with E-state index in [1.54, 1.807) is 0 Å². The maximum atomic E-state index is 4.59. The summed E-state index contributed by atoms with van der Waals surface area (Å²) >= 11 is 0. The van der Waals surface area contributed by atoms with Crippen molar-refractivity contribution in [3.8, 4) is 0 Å². The highest BCUT2D eigenvalue weighted by Crippen LogP contribution is 2.26. The number of likely N-dealkylation sites (tertiary alicyclic amines) is 1. The van der Waals surface area contributed by atoms with Crippen molar-refractivity contribution in [2.75, 3.05) is 13.1 Å². The van der Waals surface area contributed by atoms with E-state index in [4.69, 9.17) is 0 Å². The van der Waals surface area contributed by atoms with Crippen LogP contribution in [0.3, 0.4) is 0 Å². The first-order chi connectivity index (χ1) is 9.72. The lowest BCUT2D eigenvalue weighted by Crippen LogP contribution is -2.35. The Morgan fingerprint density at radius 2 is 2.20 bits per heavy atom. The third-order valence-electron chi connectivity index (χ3n) is 4.01. The van der Waals surface area contributed by atoms with Crippen molar-refractivity contribution in [3.05, 3.63) is 42.0 Å². The largest absolute Gasteiger partial charge is 0.337 e. The molecule has 3 rings (SSSR count). The van der Waals surface area contributed by atoms with Crippen LogP contribution in [0.5, 0.6) is 0 Å². The maximum Gasteiger partial charge on any atom is 0.125 e. The standard InChI is InChI=1S/C15H21N5/c1-12-16-6-5-14(18-12)13-4-3-8-20(10-13)11-15-17-7-9-19(15)2/h5-7,9,13H,3-4,8,10-11H2,1-2H3/t13-/m0/s1. The van der Waals surface area contributed by atoms with Crippen molar-refractivity contribution in [1.29, 1.82) is 0 Å². The van der Waals surface area contributed by atoms with Crippen LogP contribution < -0.4 is 0 Å². The van der Waals surface area contributed by atoms with Gasteiger partial charge in [0.05, 0.1) is 6.54 Å². The summed E-state index contributed by atoms with van der Waals surface area (Å²) in [6.07, 6.45) is 8.18. The van der Waals surface area contributed by atoms with Gasteiger partial charge in [-0.15, -0.1) is 0 Å². The van der Waals surface area contributed by atoms with Gasteiger partial charge in [-0.25, -0.2) is 15.0 Å². The van der Waals surface area contributed by atoms with Gasteiger partial charge in [0.2, 0.25) is 0 Å². The fraction of sp³-hybridized carbons (Fsp3) is 0.533. The molecule has 0 saturated carbocycles. The van der Waals surface area contributed by atoms with Gasteiger partial charge < -0.3 is 4.57 Å². The van der Waals surface area contributed by atoms with Crippen molar-refractivity contribution in [1.82, 2.24) is 24.4 Å². The van der Waals surface area contributed by atoms with E-state index in [0.717, 1.165) is 31.3 Å². The molecule has 1 saturated heterocycles. The molecule has 1 fully saturated rings. The van der Waals surface area contributed by atoms with Crippen LogP contribution in [0.15, 0.2) is 24.7 Å². The zero-order valence-electron chi connectivity index (χ0n) is 12.2. The highest BCUT2D eigenvalue weighted by Gasteiger charge is 2.23. The highest BCUT2D eigenvalue weighted by atomic mass is 15.2. The first kappa shape index (κ1) is 13.2. The fourth-order valence-corrected chi connectivity index (χ4v) is 2.89. The predicted molar refractivity (Wildman–Crippen MR) is 77.2 cm³/mol. The second kappa shape index (κ2) is 5.71. The number of rotatable bonds is 3. The second-order valence-electron chi connectivity index (χ2n) is 5.56. The van der Waals surface area contributed by atoms with Gasteiger partial charge >= 0.3 is 0 Å². The summed E-state index contributed by atoms with van der Waals surface area (Å²) in [7, 11) is 2.05. The molecule has 0 radical (unpaired) electrons. The van der Waals surface area contributed by atoms with Crippen molar-refractivity contribution < 1.29 is 0 Å². The number of piperidine rings is 1. The Morgan fingerprint density at radius 3 is 2.95 bits per heavy atom. The molecule has 3 heterocycles. The molecule has 2 aromatic rings. The molecular formula is C15H21N5. The Balaban J connectivity index is 1.69. The molecule has 1 aliphatic rings. The zero-order chi connectivity index (χ0) is 13.9. The van der Waals surface area contributed by atoms with E-state index in [1.807, 2.05) is 25.5 Å². The molecule has 5 nitrogen and oxygen atoms in total. The van der Waals surface area contributed by atoms with Gasteiger partial charge in [-0.2, -0.15) is 0 Å². The SMILES string of the molecule is Cc1nccc([C@H]2CCCN(Cc3nccn3C)C2)n1. The lowest BCUT2D eigenvalue weighted by molar-refractivity contribution is 0.192. The van der Waals surface area contributed by atoms with Crippen molar-refractivity contribution >= 4 is 0 Å². The minimum Gasteiger partial charge on any atom is -0.337 e. The lowest BCUT2D eigenvalue weighted by atomic mass is 9.94. The number of hydrogen-bond donors (Lipinski definition) is 0. The van der Waals surface area contributed by atoms with Crippen molar-refractivity contribution in [2.45, 2.75) is 32.2 Å². The molecule has 1 atom stereocenters. The number of hydrogen-bond acceptors (Lipinski definition) is 4. The predicted octanol–water partition coefficient (Wildman–Crippen LogP) is 1.90. The van der Waals surface area contributed by atoms with E-state index in [1.165, 1.54) is 18.5 Å². The smallest absolute Gasteiger partial charge is 0.125 e. The molecule has 0 unspecified atom stereocenters. The monoisotopic (exact) mass is 271 g/mol. The Labute approximate surface area is 119 Å². The average Bonchev–Trinajstić information content (AvgIpc) is 2.85. The Hall–Kier alpha value is -1.75. The van der Waals surface area contributed by atoms with Crippen LogP contribution in [0.25, 0.3) is 0 Å². The number of imidazole rings is 1. The summed E-state index contributed by atoms with van der Waals surface area (Å²) in [6.45, 7) is 5.08. The van der Waals surface area contributed by atoms with Gasteiger partial charge in [-0.3, -0.25) is 4.90 Å². The van der Waals surface area contributed by atoms with Crippen LogP contribution in [-0.2, 0) is 13.6 Å². The van der Waals surface area contributed by atoms with Crippen LogP contribution in [0.4, 0.5) is 0 Å². The molecular weight excluding hydrogens is 250 g/mol. The van der Waals surface area contributed by atoms with Gasteiger partial charge in [-0.05, 0) is 32.4 Å². The fourth-order valence-electron chi connectivity index (χ4n) is 2.89. The van der Waals surface area contributed by atoms with E-state index >= 15 is 0 Å². The molecule has 2 aromatic heterocycles. The summed E-state index contributed by atoms with van der Waals surface area (Å²) in [6, 6.07) is 2.06. The van der Waals surface area contributed by atoms with E-state index in [2.05, 4.69) is 37.5 Å². The normalized spacial score (nSPS) is 20.2. The molecule has 1 aliphatic heterocycles. The minimum atomic E-state index is 0.519. The Kier molecular flexibility index (Phi) is 3.78. The first-order valence-corrected chi connectivity index (χ1v) is 7.20. The van der Waals surface area contributed by atoms with Crippen LogP contribution in [0, 0.1) is 6.92 Å². The van der Waals surface area contributed by atoms with Gasteiger partial charge in [0, 0.05) is 43.8 Å². The van der Waals surface area contributed by atoms with Crippen molar-refractivity contribution in [2.24, 2.45) is 7.05 Å². The van der Waals surface area contributed by atoms with Crippen LogP contribution in [-0.4, -0.2) is 37.5 Å². The summed E-state index contributed by atoms with van der Waals surface area (Å²) < 4.78 is 2.10. The van der Waals surface area contributed by atoms with Gasteiger partial charge in [0.15, 0.2) is 0 Å². The van der Waals surface area contributed by atoms with Crippen LogP contribution in [0.1, 0.15) is 36.1 Å². The van der Waals surface area contributed by atoms with E-state index in [9.17, 15) is 0 Å². The molecule has 0 amide bonds. The Morgan fingerprint density at radius 1 is 1.30 bits per heavy atom. The topological polar surface area (TPSA) is 46.8 Å². The van der Waals surface area contributed by atoms with Crippen LogP contribution >= 0.6 is 0 Å².